The fourth-order valence-electron chi connectivity index (χ4n) is 6.06. The van der Waals surface area contributed by atoms with E-state index in [4.69, 9.17) is 30.8 Å². The van der Waals surface area contributed by atoms with E-state index < -0.39 is 23.1 Å². The average Bonchev–Trinajstić information content (AvgIpc) is 3.47. The summed E-state index contributed by atoms with van der Waals surface area (Å²) in [6.45, 7) is 8.86. The zero-order valence-corrected chi connectivity index (χ0v) is 29.6. The van der Waals surface area contributed by atoms with Crippen molar-refractivity contribution in [3.05, 3.63) is 128 Å². The molecule has 0 amide bonds. The van der Waals surface area contributed by atoms with Gasteiger partial charge < -0.3 is 23.9 Å². The molecule has 0 saturated heterocycles. The third kappa shape index (κ3) is 6.89. The lowest BCUT2D eigenvalue weighted by atomic mass is 9.86. The molecule has 10 nitrogen and oxygen atoms in total. The first-order chi connectivity index (χ1) is 24.2. The second-order valence-electron chi connectivity index (χ2n) is 13.2. The number of hydrogen-bond acceptors (Lipinski definition) is 9. The van der Waals surface area contributed by atoms with Gasteiger partial charge in [-0.3, -0.25) is 9.59 Å². The van der Waals surface area contributed by atoms with Crippen molar-refractivity contribution in [3.63, 3.8) is 0 Å². The van der Waals surface area contributed by atoms with Crippen LogP contribution in [0.15, 0.2) is 89.7 Å². The lowest BCUT2D eigenvalue weighted by molar-refractivity contribution is -0.172. The standard InChI is InChI=1S/C20H21ClO4.C20H16N2O4/c1-13(2)24-19(23)20(3,4)25-17-11-7-15(8-12-17)18(22)14-5-9-16(21)10-6-14;1-2-20(25)14-8-16-17-12(7-11-5-3-4-6-15(11)21-17)9-22(16)18(23)13(14)10-26-19(20)24/h5-13H,1-4H3;3-8,25H,2,9-10H2,1H3. The molecule has 3 aromatic carbocycles. The van der Waals surface area contributed by atoms with Crippen LogP contribution in [0.2, 0.25) is 5.02 Å². The summed E-state index contributed by atoms with van der Waals surface area (Å²) in [6.07, 6.45) is -0.0746. The number of halogens is 1. The van der Waals surface area contributed by atoms with Crippen LogP contribution in [0.3, 0.4) is 0 Å². The Hall–Kier alpha value is -5.32. The van der Waals surface area contributed by atoms with Crippen molar-refractivity contribution in [1.29, 1.82) is 0 Å². The topological polar surface area (TPSA) is 134 Å². The van der Waals surface area contributed by atoms with Crippen LogP contribution >= 0.6 is 11.6 Å². The van der Waals surface area contributed by atoms with E-state index in [9.17, 15) is 24.3 Å². The molecule has 1 atom stereocenters. The van der Waals surface area contributed by atoms with Gasteiger partial charge in [0.2, 0.25) is 0 Å². The summed E-state index contributed by atoms with van der Waals surface area (Å²) in [6, 6.07) is 24.9. The molecule has 1 unspecified atom stereocenters. The highest BCUT2D eigenvalue weighted by atomic mass is 35.5. The van der Waals surface area contributed by atoms with Gasteiger partial charge >= 0.3 is 11.9 Å². The molecule has 51 heavy (non-hydrogen) atoms. The number of hydrogen-bond donors (Lipinski definition) is 1. The van der Waals surface area contributed by atoms with Crippen LogP contribution in [0.25, 0.3) is 22.3 Å². The van der Waals surface area contributed by atoms with E-state index in [1.165, 1.54) is 0 Å². The first kappa shape index (κ1) is 35.5. The number of ether oxygens (including phenoxy) is 3. The molecule has 1 N–H and O–H groups in total. The molecular weight excluding hydrogens is 672 g/mol. The Labute approximate surface area is 299 Å². The summed E-state index contributed by atoms with van der Waals surface area (Å²) in [5.41, 5.74) is 1.77. The lowest BCUT2D eigenvalue weighted by Gasteiger charge is -2.31. The predicted molar refractivity (Wildman–Crippen MR) is 192 cm³/mol. The summed E-state index contributed by atoms with van der Waals surface area (Å²) >= 11 is 5.84. The maximum absolute atomic E-state index is 13.0. The molecule has 0 saturated carbocycles. The van der Waals surface area contributed by atoms with Crippen molar-refractivity contribution < 1.29 is 33.7 Å². The highest BCUT2D eigenvalue weighted by molar-refractivity contribution is 6.30. The second kappa shape index (κ2) is 13.8. The molecular formula is C40H37ClN2O8. The number of aliphatic hydroxyl groups is 1. The fourth-order valence-corrected chi connectivity index (χ4v) is 6.19. The van der Waals surface area contributed by atoms with Crippen molar-refractivity contribution in [2.75, 3.05) is 0 Å². The van der Waals surface area contributed by atoms with Crippen LogP contribution in [0, 0.1) is 0 Å². The molecule has 0 spiro atoms. The number of rotatable bonds is 7. The van der Waals surface area contributed by atoms with E-state index in [-0.39, 0.29) is 30.5 Å². The molecule has 2 aliphatic rings. The number of ketones is 1. The number of aromatic nitrogens is 2. The number of carbonyl (C=O) groups excluding carboxylic acids is 3. The molecule has 0 fully saturated rings. The number of benzene rings is 3. The van der Waals surface area contributed by atoms with Crippen molar-refractivity contribution in [1.82, 2.24) is 9.55 Å². The van der Waals surface area contributed by atoms with Gasteiger partial charge in [-0.05, 0) is 101 Å². The molecule has 2 aliphatic heterocycles. The highest BCUT2D eigenvalue weighted by Crippen LogP contribution is 2.38. The number of cyclic esters (lactones) is 1. The molecule has 7 rings (SSSR count). The van der Waals surface area contributed by atoms with Crippen LogP contribution < -0.4 is 10.3 Å². The van der Waals surface area contributed by atoms with Gasteiger partial charge in [-0.25, -0.2) is 14.6 Å². The number of nitrogens with zero attached hydrogens (tertiary/aromatic N) is 2. The Balaban J connectivity index is 0.000000176. The summed E-state index contributed by atoms with van der Waals surface area (Å²) in [4.78, 5) is 54.4. The first-order valence-corrected chi connectivity index (χ1v) is 17.0. The molecule has 5 aromatic rings. The van der Waals surface area contributed by atoms with Gasteiger partial charge in [0, 0.05) is 32.7 Å². The van der Waals surface area contributed by atoms with E-state index >= 15 is 0 Å². The van der Waals surface area contributed by atoms with E-state index in [2.05, 4.69) is 0 Å². The van der Waals surface area contributed by atoms with Crippen LogP contribution in [0.4, 0.5) is 0 Å². The third-order valence-corrected chi connectivity index (χ3v) is 9.10. The number of esters is 2. The summed E-state index contributed by atoms with van der Waals surface area (Å²) in [5.74, 6) is -0.773. The SMILES string of the molecule is CC(C)OC(=O)C(C)(C)Oc1ccc(C(=O)c2ccc(Cl)cc2)cc1.CCC1(O)C(=O)OCc2c1cc1n(c2=O)Cc2cc3ccccc3nc2-1. The zero-order chi connectivity index (χ0) is 36.7. The van der Waals surface area contributed by atoms with E-state index in [0.717, 1.165) is 22.2 Å². The van der Waals surface area contributed by atoms with Crippen molar-refractivity contribution in [2.45, 2.75) is 71.5 Å². The van der Waals surface area contributed by atoms with E-state index in [1.807, 2.05) is 30.3 Å². The van der Waals surface area contributed by atoms with Crippen molar-refractivity contribution in [2.24, 2.45) is 0 Å². The Bertz CT molecular complexity index is 2230. The maximum atomic E-state index is 13.0. The Morgan fingerprint density at radius 1 is 1.00 bits per heavy atom. The average molecular weight is 709 g/mol. The maximum Gasteiger partial charge on any atom is 0.350 e. The Morgan fingerprint density at radius 3 is 2.29 bits per heavy atom. The summed E-state index contributed by atoms with van der Waals surface area (Å²) in [7, 11) is 0. The molecule has 11 heteroatoms. The fraction of sp³-hybridized carbons (Fsp3) is 0.275. The minimum atomic E-state index is -1.79. The molecule has 262 valence electrons. The van der Waals surface area contributed by atoms with Gasteiger partial charge in [0.25, 0.3) is 5.56 Å². The zero-order valence-electron chi connectivity index (χ0n) is 28.9. The van der Waals surface area contributed by atoms with Gasteiger partial charge in [-0.2, -0.15) is 0 Å². The van der Waals surface area contributed by atoms with E-state index in [0.29, 0.717) is 45.3 Å². The van der Waals surface area contributed by atoms with Gasteiger partial charge in [-0.1, -0.05) is 36.7 Å². The monoisotopic (exact) mass is 708 g/mol. The number of pyridine rings is 2. The van der Waals surface area contributed by atoms with Crippen molar-refractivity contribution >= 4 is 40.2 Å². The van der Waals surface area contributed by atoms with Crippen molar-refractivity contribution in [3.8, 4) is 17.1 Å². The minimum absolute atomic E-state index is 0.110. The van der Waals surface area contributed by atoms with Gasteiger partial charge in [0.1, 0.15) is 12.4 Å². The number of carbonyl (C=O) groups is 3. The number of para-hydroxylation sites is 1. The van der Waals surface area contributed by atoms with Gasteiger partial charge in [0.15, 0.2) is 17.0 Å². The summed E-state index contributed by atoms with van der Waals surface area (Å²) in [5, 5.41) is 12.4. The molecule has 0 bridgehead atoms. The second-order valence-corrected chi connectivity index (χ2v) is 13.7. The van der Waals surface area contributed by atoms with E-state index in [1.54, 1.807) is 93.8 Å². The largest absolute Gasteiger partial charge is 0.476 e. The Morgan fingerprint density at radius 2 is 1.65 bits per heavy atom. The first-order valence-electron chi connectivity index (χ1n) is 16.6. The highest BCUT2D eigenvalue weighted by Gasteiger charge is 2.45. The minimum Gasteiger partial charge on any atom is -0.476 e. The van der Waals surface area contributed by atoms with Crippen LogP contribution in [-0.2, 0) is 37.8 Å². The predicted octanol–water partition coefficient (Wildman–Crippen LogP) is 6.76. The van der Waals surface area contributed by atoms with Gasteiger partial charge in [0.05, 0.1) is 35.1 Å². The van der Waals surface area contributed by atoms with Crippen LogP contribution in [0.5, 0.6) is 5.75 Å². The van der Waals surface area contributed by atoms with Gasteiger partial charge in [-0.15, -0.1) is 0 Å². The lowest BCUT2D eigenvalue weighted by Crippen LogP contribution is -2.44. The summed E-state index contributed by atoms with van der Waals surface area (Å²) < 4.78 is 17.6. The Kier molecular flexibility index (Phi) is 9.59. The third-order valence-electron chi connectivity index (χ3n) is 8.85. The molecule has 4 heterocycles. The normalized spacial score (nSPS) is 16.0. The molecule has 2 aromatic heterocycles. The molecule has 0 aliphatic carbocycles. The molecule has 0 radical (unpaired) electrons. The van der Waals surface area contributed by atoms with Crippen LogP contribution in [0.1, 0.15) is 73.7 Å². The quantitative estimate of drug-likeness (QED) is 0.141. The smallest absolute Gasteiger partial charge is 0.350 e. The number of fused-ring (bicyclic) bond motifs is 5. The van der Waals surface area contributed by atoms with Crippen LogP contribution in [-0.4, -0.2) is 44.1 Å².